The quantitative estimate of drug-likeness (QED) is 0.861. The summed E-state index contributed by atoms with van der Waals surface area (Å²) in [6.45, 7) is 0.989. The molecule has 7 heteroatoms. The zero-order valence-electron chi connectivity index (χ0n) is 13.9. The number of hydrogen-bond acceptors (Lipinski definition) is 4. The van der Waals surface area contributed by atoms with E-state index in [1.807, 2.05) is 5.38 Å². The number of halogens is 1. The second kappa shape index (κ2) is 7.57. The summed E-state index contributed by atoms with van der Waals surface area (Å²) < 4.78 is 24.7. The maximum absolute atomic E-state index is 12.9. The highest BCUT2D eigenvalue weighted by Gasteiger charge is 2.47. The van der Waals surface area contributed by atoms with Gasteiger partial charge in [0.2, 0.25) is 0 Å². The molecular weight excluding hydrogens is 355 g/mol. The molecule has 0 aliphatic carbocycles. The number of thiophene rings is 1. The third-order valence-corrected chi connectivity index (χ3v) is 5.29. The van der Waals surface area contributed by atoms with Crippen molar-refractivity contribution in [1.82, 2.24) is 5.32 Å². The van der Waals surface area contributed by atoms with E-state index < -0.39 is 0 Å². The zero-order chi connectivity index (χ0) is 17.9. The number of benzene rings is 1. The molecule has 26 heavy (non-hydrogen) atoms. The van der Waals surface area contributed by atoms with Gasteiger partial charge in [-0.25, -0.2) is 9.18 Å². The normalized spacial score (nSPS) is 27.6. The Kier molecular flexibility index (Phi) is 5.01. The summed E-state index contributed by atoms with van der Waals surface area (Å²) in [5, 5.41) is 9.71. The molecule has 2 saturated heterocycles. The number of fused-ring (bicyclic) bond motifs is 1. The van der Waals surface area contributed by atoms with Gasteiger partial charge in [-0.2, -0.15) is 11.3 Å². The van der Waals surface area contributed by atoms with Crippen LogP contribution >= 0.6 is 11.3 Å². The van der Waals surface area contributed by atoms with Crippen LogP contribution in [0.3, 0.4) is 0 Å². The summed E-state index contributed by atoms with van der Waals surface area (Å²) in [5.41, 5.74) is 1.70. The molecule has 0 bridgehead atoms. The minimum Gasteiger partial charge on any atom is -0.373 e. The standard InChI is InChI=1S/C19H19FN2O3S/c20-14-3-5-15(6-4-14)21-19(23)22-16-10-25-17-13(9-24-18(16)17)2-1-12-7-8-26-11-12/h1-8,11,13,16-18H,9-10H2,(H2,21,22,23)/b2-1-/t13-,16-,17+,18+/m0/s1. The van der Waals surface area contributed by atoms with Crippen molar-refractivity contribution in [3.8, 4) is 0 Å². The van der Waals surface area contributed by atoms with Gasteiger partial charge in [-0.3, -0.25) is 0 Å². The highest BCUT2D eigenvalue weighted by molar-refractivity contribution is 7.08. The van der Waals surface area contributed by atoms with Crippen LogP contribution in [0.25, 0.3) is 6.08 Å². The number of nitrogens with one attached hydrogen (secondary N) is 2. The Morgan fingerprint density at radius 2 is 1.96 bits per heavy atom. The van der Waals surface area contributed by atoms with Crippen LogP contribution in [0.4, 0.5) is 14.9 Å². The molecule has 4 rings (SSSR count). The molecule has 0 saturated carbocycles. The molecule has 2 aliphatic rings. The van der Waals surface area contributed by atoms with Crippen LogP contribution in [-0.2, 0) is 9.47 Å². The number of rotatable bonds is 4. The molecule has 2 fully saturated rings. The third kappa shape index (κ3) is 3.80. The molecule has 2 amide bonds. The van der Waals surface area contributed by atoms with Crippen LogP contribution in [0.15, 0.2) is 47.2 Å². The van der Waals surface area contributed by atoms with Crippen LogP contribution in [0.1, 0.15) is 5.56 Å². The smallest absolute Gasteiger partial charge is 0.319 e. The summed E-state index contributed by atoms with van der Waals surface area (Å²) in [7, 11) is 0. The Morgan fingerprint density at radius 1 is 1.15 bits per heavy atom. The van der Waals surface area contributed by atoms with Crippen LogP contribution in [0.5, 0.6) is 0 Å². The van der Waals surface area contributed by atoms with Crippen molar-refractivity contribution in [1.29, 1.82) is 0 Å². The van der Waals surface area contributed by atoms with Crippen molar-refractivity contribution in [2.45, 2.75) is 18.2 Å². The summed E-state index contributed by atoms with van der Waals surface area (Å²) in [6.07, 6.45) is 3.98. The van der Waals surface area contributed by atoms with Crippen molar-refractivity contribution in [2.75, 3.05) is 18.5 Å². The Labute approximate surface area is 154 Å². The van der Waals surface area contributed by atoms with E-state index in [-0.39, 0.29) is 36.0 Å². The van der Waals surface area contributed by atoms with Crippen LogP contribution in [-0.4, -0.2) is 37.5 Å². The lowest BCUT2D eigenvalue weighted by atomic mass is 9.99. The molecule has 2 N–H and O–H groups in total. The van der Waals surface area contributed by atoms with Gasteiger partial charge in [0.15, 0.2) is 0 Å². The molecule has 5 nitrogen and oxygen atoms in total. The molecule has 0 spiro atoms. The first kappa shape index (κ1) is 17.2. The van der Waals surface area contributed by atoms with E-state index in [2.05, 4.69) is 34.2 Å². The number of carbonyl (C=O) groups excluding carboxylic acids is 1. The molecule has 2 aliphatic heterocycles. The van der Waals surface area contributed by atoms with Gasteiger partial charge in [-0.15, -0.1) is 0 Å². The Bertz CT molecular complexity index is 779. The number of anilines is 1. The predicted octanol–water partition coefficient (Wildman–Crippen LogP) is 3.50. The lowest BCUT2D eigenvalue weighted by molar-refractivity contribution is 0.0662. The summed E-state index contributed by atoms with van der Waals surface area (Å²) in [6, 6.07) is 7.13. The topological polar surface area (TPSA) is 59.6 Å². The monoisotopic (exact) mass is 374 g/mol. The minimum atomic E-state index is -0.355. The van der Waals surface area contributed by atoms with E-state index in [9.17, 15) is 9.18 Å². The fourth-order valence-corrected chi connectivity index (χ4v) is 3.92. The fourth-order valence-electron chi connectivity index (χ4n) is 3.29. The van der Waals surface area contributed by atoms with E-state index in [1.165, 1.54) is 29.8 Å². The first-order valence-electron chi connectivity index (χ1n) is 8.46. The Balaban J connectivity index is 1.32. The van der Waals surface area contributed by atoms with Gasteiger partial charge < -0.3 is 20.1 Å². The van der Waals surface area contributed by atoms with E-state index in [4.69, 9.17) is 9.47 Å². The first-order chi connectivity index (χ1) is 12.7. The third-order valence-electron chi connectivity index (χ3n) is 4.59. The zero-order valence-corrected chi connectivity index (χ0v) is 14.7. The van der Waals surface area contributed by atoms with Gasteiger partial charge in [-0.1, -0.05) is 12.2 Å². The fraction of sp³-hybridized carbons (Fsp3) is 0.316. The van der Waals surface area contributed by atoms with Gasteiger partial charge in [0.1, 0.15) is 11.9 Å². The van der Waals surface area contributed by atoms with E-state index in [1.54, 1.807) is 11.3 Å². The highest BCUT2D eigenvalue weighted by atomic mass is 32.1. The summed E-state index contributed by atoms with van der Waals surface area (Å²) in [5.74, 6) is -0.171. The predicted molar refractivity (Wildman–Crippen MR) is 98.7 cm³/mol. The average Bonchev–Trinajstić information content (AvgIpc) is 3.35. The Hall–Kier alpha value is -2.22. The van der Waals surface area contributed by atoms with Crippen LogP contribution in [0, 0.1) is 11.7 Å². The lowest BCUT2D eigenvalue weighted by Gasteiger charge is -2.18. The second-order valence-corrected chi connectivity index (χ2v) is 7.17. The van der Waals surface area contributed by atoms with Crippen LogP contribution < -0.4 is 10.6 Å². The van der Waals surface area contributed by atoms with Crippen molar-refractivity contribution < 1.29 is 18.7 Å². The molecular formula is C19H19FN2O3S. The van der Waals surface area contributed by atoms with Gasteiger partial charge in [-0.05, 0) is 46.7 Å². The summed E-state index contributed by atoms with van der Waals surface area (Å²) >= 11 is 1.66. The van der Waals surface area contributed by atoms with Crippen molar-refractivity contribution in [3.05, 3.63) is 58.5 Å². The average molecular weight is 374 g/mol. The largest absolute Gasteiger partial charge is 0.373 e. The number of hydrogen-bond donors (Lipinski definition) is 2. The van der Waals surface area contributed by atoms with Crippen molar-refractivity contribution in [2.24, 2.45) is 5.92 Å². The number of urea groups is 1. The molecule has 1 aromatic carbocycles. The van der Waals surface area contributed by atoms with Gasteiger partial charge in [0, 0.05) is 11.6 Å². The summed E-state index contributed by atoms with van der Waals surface area (Å²) in [4.78, 5) is 12.2. The van der Waals surface area contributed by atoms with Crippen molar-refractivity contribution >= 4 is 29.1 Å². The molecule has 3 heterocycles. The van der Waals surface area contributed by atoms with E-state index >= 15 is 0 Å². The van der Waals surface area contributed by atoms with E-state index in [0.29, 0.717) is 18.9 Å². The van der Waals surface area contributed by atoms with Crippen LogP contribution in [0.2, 0.25) is 0 Å². The molecule has 1 aromatic heterocycles. The molecule has 0 radical (unpaired) electrons. The number of amides is 2. The maximum atomic E-state index is 12.9. The SMILES string of the molecule is O=C(Nc1ccc(F)cc1)N[C@H]1CO[C@H]2[C@@H]1OC[C@@H]2/C=C\c1ccsc1. The molecule has 0 unspecified atom stereocenters. The highest BCUT2D eigenvalue weighted by Crippen LogP contribution is 2.32. The lowest BCUT2D eigenvalue weighted by Crippen LogP contribution is -2.45. The maximum Gasteiger partial charge on any atom is 0.319 e. The number of carbonyl (C=O) groups is 1. The molecule has 136 valence electrons. The van der Waals surface area contributed by atoms with Gasteiger partial charge in [0.25, 0.3) is 0 Å². The second-order valence-electron chi connectivity index (χ2n) is 6.39. The molecule has 2 aromatic rings. The van der Waals surface area contributed by atoms with Gasteiger partial charge in [0.05, 0.1) is 25.4 Å². The Morgan fingerprint density at radius 3 is 2.73 bits per heavy atom. The number of ether oxygens (including phenoxy) is 2. The van der Waals surface area contributed by atoms with E-state index in [0.717, 1.165) is 0 Å². The van der Waals surface area contributed by atoms with Gasteiger partial charge >= 0.3 is 6.03 Å². The minimum absolute atomic E-state index is 0.0546. The molecule has 4 atom stereocenters. The first-order valence-corrected chi connectivity index (χ1v) is 9.40. The van der Waals surface area contributed by atoms with Crippen molar-refractivity contribution in [3.63, 3.8) is 0 Å².